The van der Waals surface area contributed by atoms with Crippen molar-refractivity contribution < 1.29 is 19.1 Å². The van der Waals surface area contributed by atoms with Gasteiger partial charge in [0.05, 0.1) is 12.0 Å². The lowest BCUT2D eigenvalue weighted by Gasteiger charge is -2.21. The van der Waals surface area contributed by atoms with Crippen molar-refractivity contribution in [2.75, 3.05) is 12.1 Å². The van der Waals surface area contributed by atoms with Crippen LogP contribution in [0.15, 0.2) is 42.5 Å². The first-order valence-electron chi connectivity index (χ1n) is 10.6. The number of ether oxygens (including phenoxy) is 2. The summed E-state index contributed by atoms with van der Waals surface area (Å²) in [6.07, 6.45) is 2.54. The van der Waals surface area contributed by atoms with E-state index in [-0.39, 0.29) is 18.1 Å². The van der Waals surface area contributed by atoms with Crippen molar-refractivity contribution in [3.05, 3.63) is 53.7 Å². The molecule has 1 aromatic heterocycles. The summed E-state index contributed by atoms with van der Waals surface area (Å²) in [6, 6.07) is 13.7. The molecule has 2 aliphatic rings. The molecule has 0 spiro atoms. The molecule has 0 saturated heterocycles. The average Bonchev–Trinajstić information content (AvgIpc) is 3.27. The number of carbonyl (C=O) groups excluding carboxylic acids is 2. The molecule has 1 aliphatic heterocycles. The van der Waals surface area contributed by atoms with Gasteiger partial charge in [0.15, 0.2) is 11.5 Å². The number of anilines is 1. The predicted octanol–water partition coefficient (Wildman–Crippen LogP) is 4.54. The summed E-state index contributed by atoms with van der Waals surface area (Å²) in [5.74, 6) is 1.42. The second-order valence-electron chi connectivity index (χ2n) is 9.43. The maximum atomic E-state index is 13.2. The van der Waals surface area contributed by atoms with E-state index in [4.69, 9.17) is 9.47 Å². The number of hydrogen-bond donors (Lipinski definition) is 1. The van der Waals surface area contributed by atoms with Crippen molar-refractivity contribution in [1.82, 2.24) is 4.57 Å². The minimum Gasteiger partial charge on any atom is -0.454 e. The van der Waals surface area contributed by atoms with Gasteiger partial charge in [0, 0.05) is 27.7 Å². The van der Waals surface area contributed by atoms with Gasteiger partial charge in [-0.3, -0.25) is 4.79 Å². The Labute approximate surface area is 181 Å². The van der Waals surface area contributed by atoms with Crippen molar-refractivity contribution in [1.29, 1.82) is 0 Å². The topological polar surface area (TPSA) is 69.6 Å². The Morgan fingerprint density at radius 3 is 2.58 bits per heavy atom. The summed E-state index contributed by atoms with van der Waals surface area (Å²) < 4.78 is 12.9. The highest BCUT2D eigenvalue weighted by atomic mass is 16.7. The van der Waals surface area contributed by atoms with E-state index in [0.29, 0.717) is 12.3 Å². The lowest BCUT2D eigenvalue weighted by Crippen LogP contribution is -2.27. The Balaban J connectivity index is 1.44. The molecule has 3 aromatic rings. The van der Waals surface area contributed by atoms with Crippen LogP contribution in [0.3, 0.4) is 0 Å². The normalized spacial score (nSPS) is 16.4. The molecule has 31 heavy (non-hydrogen) atoms. The van der Waals surface area contributed by atoms with E-state index in [9.17, 15) is 9.59 Å². The van der Waals surface area contributed by atoms with E-state index in [1.165, 1.54) is 0 Å². The fourth-order valence-electron chi connectivity index (χ4n) is 4.46. The number of nitrogens with one attached hydrogen (secondary N) is 1. The van der Waals surface area contributed by atoms with Crippen LogP contribution in [0.5, 0.6) is 11.5 Å². The molecule has 0 atom stereocenters. The van der Waals surface area contributed by atoms with E-state index in [1.807, 2.05) is 41.0 Å². The highest BCUT2D eigenvalue weighted by Gasteiger charge is 2.51. The number of hydrogen-bond acceptors (Lipinski definition) is 4. The van der Waals surface area contributed by atoms with Gasteiger partial charge in [-0.15, -0.1) is 0 Å². The number of aromatic nitrogens is 1. The van der Waals surface area contributed by atoms with E-state index >= 15 is 0 Å². The lowest BCUT2D eigenvalue weighted by atomic mass is 9.92. The SMILES string of the molecule is CC(C)(C)c1cc2cc(NC(=O)C3(c4ccc5c(c4)OCO5)CC3)ccc2n1CC=O. The van der Waals surface area contributed by atoms with Gasteiger partial charge in [-0.05, 0) is 54.8 Å². The summed E-state index contributed by atoms with van der Waals surface area (Å²) in [5, 5.41) is 4.12. The number of aldehydes is 1. The highest BCUT2D eigenvalue weighted by Crippen LogP contribution is 2.51. The lowest BCUT2D eigenvalue weighted by molar-refractivity contribution is -0.118. The molecular formula is C25H26N2O4. The van der Waals surface area contributed by atoms with Crippen molar-refractivity contribution in [2.24, 2.45) is 0 Å². The summed E-state index contributed by atoms with van der Waals surface area (Å²) in [5.41, 5.74) is 3.19. The number of rotatable bonds is 5. The van der Waals surface area contributed by atoms with Crippen LogP contribution in [0.1, 0.15) is 44.9 Å². The minimum absolute atomic E-state index is 0.00548. The smallest absolute Gasteiger partial charge is 0.235 e. The largest absolute Gasteiger partial charge is 0.454 e. The summed E-state index contributed by atoms with van der Waals surface area (Å²) >= 11 is 0. The number of nitrogens with zero attached hydrogens (tertiary/aromatic N) is 1. The predicted molar refractivity (Wildman–Crippen MR) is 119 cm³/mol. The second kappa shape index (κ2) is 6.87. The molecule has 1 amide bonds. The van der Waals surface area contributed by atoms with Crippen LogP contribution in [-0.2, 0) is 27.0 Å². The van der Waals surface area contributed by atoms with E-state index in [2.05, 4.69) is 32.2 Å². The van der Waals surface area contributed by atoms with Gasteiger partial charge in [0.1, 0.15) is 6.29 Å². The van der Waals surface area contributed by atoms with Crippen molar-refractivity contribution in [3.8, 4) is 11.5 Å². The van der Waals surface area contributed by atoms with Crippen molar-refractivity contribution in [3.63, 3.8) is 0 Å². The average molecular weight is 418 g/mol. The molecule has 1 N–H and O–H groups in total. The summed E-state index contributed by atoms with van der Waals surface area (Å²) in [4.78, 5) is 24.5. The number of amides is 1. The number of benzene rings is 2. The van der Waals surface area contributed by atoms with Crippen LogP contribution in [0, 0.1) is 0 Å². The molecule has 0 bridgehead atoms. The molecule has 1 fully saturated rings. The zero-order chi connectivity index (χ0) is 21.8. The highest BCUT2D eigenvalue weighted by molar-refractivity contribution is 6.02. The molecule has 0 unspecified atom stereocenters. The third-order valence-electron chi connectivity index (χ3n) is 6.29. The van der Waals surface area contributed by atoms with Crippen LogP contribution in [0.4, 0.5) is 5.69 Å². The molecule has 5 rings (SSSR count). The third-order valence-corrected chi connectivity index (χ3v) is 6.29. The monoisotopic (exact) mass is 418 g/mol. The molecular weight excluding hydrogens is 392 g/mol. The van der Waals surface area contributed by atoms with Gasteiger partial charge in [-0.2, -0.15) is 0 Å². The van der Waals surface area contributed by atoms with Gasteiger partial charge < -0.3 is 24.2 Å². The second-order valence-corrected chi connectivity index (χ2v) is 9.43. The van der Waals surface area contributed by atoms with Crippen LogP contribution < -0.4 is 14.8 Å². The fraction of sp³-hybridized carbons (Fsp3) is 0.360. The van der Waals surface area contributed by atoms with Crippen molar-refractivity contribution >= 4 is 28.8 Å². The Bertz CT molecular complexity index is 1200. The standard InChI is InChI=1S/C25H26N2O4/c1-24(2,3)22-13-16-12-18(5-6-19(16)27(22)10-11-28)26-23(29)25(8-9-25)17-4-7-20-21(14-17)31-15-30-20/h4-7,11-14H,8-10,15H2,1-3H3,(H,26,29). The fourth-order valence-corrected chi connectivity index (χ4v) is 4.46. The summed E-state index contributed by atoms with van der Waals surface area (Å²) in [7, 11) is 0. The zero-order valence-electron chi connectivity index (χ0n) is 18.0. The van der Waals surface area contributed by atoms with Gasteiger partial charge in [-0.25, -0.2) is 0 Å². The van der Waals surface area contributed by atoms with Crippen LogP contribution >= 0.6 is 0 Å². The van der Waals surface area contributed by atoms with Crippen LogP contribution in [0.25, 0.3) is 10.9 Å². The van der Waals surface area contributed by atoms with Crippen LogP contribution in [-0.4, -0.2) is 23.6 Å². The first-order valence-corrected chi connectivity index (χ1v) is 10.6. The number of carbonyl (C=O) groups is 2. The van der Waals surface area contributed by atoms with Gasteiger partial charge >= 0.3 is 0 Å². The first-order chi connectivity index (χ1) is 14.8. The van der Waals surface area contributed by atoms with Gasteiger partial charge in [-0.1, -0.05) is 26.8 Å². The van der Waals surface area contributed by atoms with Gasteiger partial charge in [0.25, 0.3) is 0 Å². The molecule has 6 nitrogen and oxygen atoms in total. The van der Waals surface area contributed by atoms with E-state index in [0.717, 1.165) is 52.7 Å². The minimum atomic E-state index is -0.518. The third kappa shape index (κ3) is 3.26. The zero-order valence-corrected chi connectivity index (χ0v) is 18.0. The quantitative estimate of drug-likeness (QED) is 0.618. The Hall–Kier alpha value is -3.28. The Morgan fingerprint density at radius 2 is 1.87 bits per heavy atom. The molecule has 160 valence electrons. The van der Waals surface area contributed by atoms with Gasteiger partial charge in [0.2, 0.25) is 12.7 Å². The molecule has 2 aromatic carbocycles. The first kappa shape index (κ1) is 19.7. The molecule has 2 heterocycles. The molecule has 0 radical (unpaired) electrons. The van der Waals surface area contributed by atoms with Crippen molar-refractivity contribution in [2.45, 2.75) is 51.0 Å². The maximum Gasteiger partial charge on any atom is 0.235 e. The maximum absolute atomic E-state index is 13.2. The number of fused-ring (bicyclic) bond motifs is 2. The van der Waals surface area contributed by atoms with E-state index in [1.54, 1.807) is 0 Å². The molecule has 1 aliphatic carbocycles. The van der Waals surface area contributed by atoms with E-state index < -0.39 is 5.41 Å². The Kier molecular flexibility index (Phi) is 4.36. The summed E-state index contributed by atoms with van der Waals surface area (Å²) in [6.45, 7) is 6.93. The Morgan fingerprint density at radius 1 is 1.10 bits per heavy atom. The molecule has 1 saturated carbocycles. The van der Waals surface area contributed by atoms with Crippen LogP contribution in [0.2, 0.25) is 0 Å². The molecule has 6 heteroatoms.